The summed E-state index contributed by atoms with van der Waals surface area (Å²) in [5.74, 6) is 1.50. The minimum absolute atomic E-state index is 0.207. The molecule has 1 unspecified atom stereocenters. The molecule has 0 radical (unpaired) electrons. The van der Waals surface area contributed by atoms with Crippen molar-refractivity contribution in [3.05, 3.63) is 23.8 Å². The number of ether oxygens (including phenoxy) is 2. The van der Waals surface area contributed by atoms with Crippen molar-refractivity contribution in [3.63, 3.8) is 0 Å². The van der Waals surface area contributed by atoms with Gasteiger partial charge in [0.05, 0.1) is 13.7 Å². The summed E-state index contributed by atoms with van der Waals surface area (Å²) in [6, 6.07) is 6.23. The van der Waals surface area contributed by atoms with E-state index < -0.39 is 0 Å². The lowest BCUT2D eigenvalue weighted by Crippen LogP contribution is -2.12. The summed E-state index contributed by atoms with van der Waals surface area (Å²) < 4.78 is 11.0. The van der Waals surface area contributed by atoms with Crippen LogP contribution in [0.15, 0.2) is 18.2 Å². The first-order valence-electron chi connectivity index (χ1n) is 6.31. The molecule has 1 atom stereocenters. The van der Waals surface area contributed by atoms with E-state index in [9.17, 15) is 0 Å². The van der Waals surface area contributed by atoms with Crippen LogP contribution in [0.5, 0.6) is 11.5 Å². The summed E-state index contributed by atoms with van der Waals surface area (Å²) in [6.07, 6.45) is 1.60. The van der Waals surface area contributed by atoms with Crippen LogP contribution in [0.25, 0.3) is 0 Å². The predicted molar refractivity (Wildman–Crippen MR) is 72.3 cm³/mol. The molecule has 18 heavy (non-hydrogen) atoms. The summed E-state index contributed by atoms with van der Waals surface area (Å²) in [7, 11) is 3.57. The van der Waals surface area contributed by atoms with Gasteiger partial charge in [-0.2, -0.15) is 0 Å². The zero-order chi connectivity index (χ0) is 13.4. The van der Waals surface area contributed by atoms with Crippen LogP contribution in [0.1, 0.15) is 31.4 Å². The Hall–Kier alpha value is -1.26. The van der Waals surface area contributed by atoms with E-state index in [0.717, 1.165) is 29.9 Å². The van der Waals surface area contributed by atoms with E-state index in [1.807, 2.05) is 25.2 Å². The Morgan fingerprint density at radius 2 is 2.06 bits per heavy atom. The molecule has 0 aliphatic rings. The lowest BCUT2D eigenvalue weighted by atomic mass is 10.1. The zero-order valence-corrected chi connectivity index (χ0v) is 11.4. The number of hydrogen-bond donors (Lipinski definition) is 2. The van der Waals surface area contributed by atoms with Gasteiger partial charge in [0.2, 0.25) is 0 Å². The van der Waals surface area contributed by atoms with Crippen LogP contribution in [-0.4, -0.2) is 32.5 Å². The third-order valence-corrected chi connectivity index (χ3v) is 2.93. The highest BCUT2D eigenvalue weighted by Gasteiger charge is 2.09. The molecule has 0 bridgehead atoms. The van der Waals surface area contributed by atoms with E-state index in [4.69, 9.17) is 14.6 Å². The van der Waals surface area contributed by atoms with E-state index in [2.05, 4.69) is 12.2 Å². The lowest BCUT2D eigenvalue weighted by Gasteiger charge is -2.15. The molecule has 1 aromatic rings. The van der Waals surface area contributed by atoms with E-state index in [1.54, 1.807) is 7.11 Å². The van der Waals surface area contributed by atoms with Gasteiger partial charge in [-0.1, -0.05) is 6.07 Å². The second kappa shape index (κ2) is 7.95. The van der Waals surface area contributed by atoms with Gasteiger partial charge in [-0.05, 0) is 44.5 Å². The minimum atomic E-state index is 0.207. The lowest BCUT2D eigenvalue weighted by molar-refractivity contribution is 0.247. The molecule has 4 nitrogen and oxygen atoms in total. The Morgan fingerprint density at radius 3 is 2.67 bits per heavy atom. The number of aliphatic hydroxyl groups excluding tert-OH is 1. The predicted octanol–water partition coefficient (Wildman–Crippen LogP) is 2.13. The highest BCUT2D eigenvalue weighted by atomic mass is 16.5. The number of hydrogen-bond acceptors (Lipinski definition) is 4. The van der Waals surface area contributed by atoms with Crippen molar-refractivity contribution in [2.45, 2.75) is 25.8 Å². The van der Waals surface area contributed by atoms with Crippen LogP contribution in [0.3, 0.4) is 0 Å². The Labute approximate surface area is 109 Å². The van der Waals surface area contributed by atoms with Crippen molar-refractivity contribution in [2.24, 2.45) is 0 Å². The molecule has 2 N–H and O–H groups in total. The summed E-state index contributed by atoms with van der Waals surface area (Å²) >= 11 is 0. The Kier molecular flexibility index (Phi) is 6.54. The fourth-order valence-corrected chi connectivity index (χ4v) is 1.64. The molecule has 0 aromatic heterocycles. The van der Waals surface area contributed by atoms with Gasteiger partial charge in [0.15, 0.2) is 11.5 Å². The van der Waals surface area contributed by atoms with Gasteiger partial charge >= 0.3 is 0 Å². The number of nitrogens with one attached hydrogen (secondary N) is 1. The summed E-state index contributed by atoms with van der Waals surface area (Å²) in [5, 5.41) is 11.9. The maximum absolute atomic E-state index is 8.70. The molecule has 4 heteroatoms. The standard InChI is InChI=1S/C14H23NO3/c1-11(15-2)12-6-7-13(14(10-12)17-3)18-9-5-4-8-16/h6-7,10-11,15-16H,4-5,8-9H2,1-3H3. The maximum atomic E-state index is 8.70. The van der Waals surface area contributed by atoms with E-state index in [0.29, 0.717) is 6.61 Å². The van der Waals surface area contributed by atoms with Gasteiger partial charge in [0.1, 0.15) is 0 Å². The number of rotatable bonds is 8. The van der Waals surface area contributed by atoms with Gasteiger partial charge in [-0.25, -0.2) is 0 Å². The molecular weight excluding hydrogens is 230 g/mol. The maximum Gasteiger partial charge on any atom is 0.161 e. The van der Waals surface area contributed by atoms with Gasteiger partial charge in [-0.3, -0.25) is 0 Å². The Bertz CT molecular complexity index is 355. The Balaban J connectivity index is 2.68. The molecule has 0 amide bonds. The van der Waals surface area contributed by atoms with Crippen molar-refractivity contribution in [1.29, 1.82) is 0 Å². The van der Waals surface area contributed by atoms with Gasteiger partial charge in [-0.15, -0.1) is 0 Å². The van der Waals surface area contributed by atoms with Crippen LogP contribution in [0.2, 0.25) is 0 Å². The quantitative estimate of drug-likeness (QED) is 0.697. The first-order valence-corrected chi connectivity index (χ1v) is 6.31. The van der Waals surface area contributed by atoms with Gasteiger partial charge in [0.25, 0.3) is 0 Å². The third kappa shape index (κ3) is 4.20. The molecule has 0 saturated heterocycles. The van der Waals surface area contributed by atoms with Crippen LogP contribution < -0.4 is 14.8 Å². The topological polar surface area (TPSA) is 50.7 Å². The Morgan fingerprint density at radius 1 is 1.28 bits per heavy atom. The number of methoxy groups -OCH3 is 1. The fourth-order valence-electron chi connectivity index (χ4n) is 1.64. The average Bonchev–Trinajstić information content (AvgIpc) is 2.42. The summed E-state index contributed by atoms with van der Waals surface area (Å²) in [4.78, 5) is 0. The van der Waals surface area contributed by atoms with Crippen LogP contribution in [0.4, 0.5) is 0 Å². The molecule has 1 aromatic carbocycles. The first-order chi connectivity index (χ1) is 8.72. The average molecular weight is 253 g/mol. The molecule has 0 aliphatic heterocycles. The highest BCUT2D eigenvalue weighted by molar-refractivity contribution is 5.43. The molecule has 0 saturated carbocycles. The number of aliphatic hydroxyl groups is 1. The largest absolute Gasteiger partial charge is 0.493 e. The molecule has 0 fully saturated rings. The molecule has 0 heterocycles. The second-order valence-corrected chi connectivity index (χ2v) is 4.20. The fraction of sp³-hybridized carbons (Fsp3) is 0.571. The molecule has 0 aliphatic carbocycles. The van der Waals surface area contributed by atoms with Crippen molar-refractivity contribution in [2.75, 3.05) is 27.4 Å². The second-order valence-electron chi connectivity index (χ2n) is 4.20. The summed E-state index contributed by atoms with van der Waals surface area (Å²) in [6.45, 7) is 2.90. The number of unbranched alkanes of at least 4 members (excludes halogenated alkanes) is 1. The molecule has 1 rings (SSSR count). The van der Waals surface area contributed by atoms with E-state index >= 15 is 0 Å². The van der Waals surface area contributed by atoms with Crippen LogP contribution in [0, 0.1) is 0 Å². The zero-order valence-electron chi connectivity index (χ0n) is 11.4. The van der Waals surface area contributed by atoms with Crippen molar-refractivity contribution in [1.82, 2.24) is 5.32 Å². The molecule has 0 spiro atoms. The molecule has 102 valence electrons. The first kappa shape index (κ1) is 14.8. The third-order valence-electron chi connectivity index (χ3n) is 2.93. The molecular formula is C14H23NO3. The van der Waals surface area contributed by atoms with E-state index in [-0.39, 0.29) is 12.6 Å². The normalized spacial score (nSPS) is 12.2. The van der Waals surface area contributed by atoms with Crippen molar-refractivity contribution < 1.29 is 14.6 Å². The van der Waals surface area contributed by atoms with Gasteiger partial charge < -0.3 is 19.9 Å². The smallest absolute Gasteiger partial charge is 0.161 e. The summed E-state index contributed by atoms with van der Waals surface area (Å²) in [5.41, 5.74) is 1.16. The van der Waals surface area contributed by atoms with Crippen molar-refractivity contribution in [3.8, 4) is 11.5 Å². The number of benzene rings is 1. The van der Waals surface area contributed by atoms with Crippen molar-refractivity contribution >= 4 is 0 Å². The van der Waals surface area contributed by atoms with E-state index in [1.165, 1.54) is 0 Å². The van der Waals surface area contributed by atoms with Crippen LogP contribution in [-0.2, 0) is 0 Å². The minimum Gasteiger partial charge on any atom is -0.493 e. The van der Waals surface area contributed by atoms with Crippen LogP contribution >= 0.6 is 0 Å². The van der Waals surface area contributed by atoms with Gasteiger partial charge in [0, 0.05) is 12.6 Å². The highest BCUT2D eigenvalue weighted by Crippen LogP contribution is 2.30. The SMILES string of the molecule is CNC(C)c1ccc(OCCCCO)c(OC)c1. The monoisotopic (exact) mass is 253 g/mol.